The second-order valence-electron chi connectivity index (χ2n) is 9.35. The number of alkyl halides is 3. The Morgan fingerprint density at radius 2 is 1.60 bits per heavy atom. The van der Waals surface area contributed by atoms with Gasteiger partial charge in [0.25, 0.3) is 0 Å². The number of nitrogens with one attached hydrogen (secondary N) is 3. The van der Waals surface area contributed by atoms with Gasteiger partial charge in [0.2, 0.25) is 0 Å². The Bertz CT molecular complexity index is 2020. The number of benzene rings is 3. The summed E-state index contributed by atoms with van der Waals surface area (Å²) in [6, 6.07) is 26.1. The van der Waals surface area contributed by atoms with Gasteiger partial charge in [-0.25, -0.2) is 14.2 Å². The Kier molecular flexibility index (Phi) is 7.43. The van der Waals surface area contributed by atoms with E-state index < -0.39 is 12.1 Å². The van der Waals surface area contributed by atoms with Crippen LogP contribution < -0.4 is 11.4 Å². The van der Waals surface area contributed by atoms with E-state index in [2.05, 4.69) is 33.2 Å². The van der Waals surface area contributed by atoms with Gasteiger partial charge in [-0.3, -0.25) is 0 Å². The quantitative estimate of drug-likeness (QED) is 0.188. The topological polar surface area (TPSA) is 156 Å². The van der Waals surface area contributed by atoms with E-state index in [-0.39, 0.29) is 11.4 Å². The van der Waals surface area contributed by atoms with Crippen LogP contribution in [0.4, 0.5) is 13.2 Å². The molecule has 3 heterocycles. The summed E-state index contributed by atoms with van der Waals surface area (Å²) in [6.45, 7) is 0.465. The number of halogens is 3. The molecule has 0 saturated carbocycles. The monoisotopic (exact) mass is 572 g/mol. The third-order valence-electron chi connectivity index (χ3n) is 6.69. The highest BCUT2D eigenvalue weighted by molar-refractivity contribution is 5.98. The molecule has 6 N–H and O–H groups in total. The number of nitrogens with zero attached hydrogens (tertiary/aromatic N) is 2. The van der Waals surface area contributed by atoms with Crippen LogP contribution in [0.2, 0.25) is 0 Å². The van der Waals surface area contributed by atoms with E-state index in [0.29, 0.717) is 24.3 Å². The molecule has 3 aromatic carbocycles. The number of carbonyl (C=O) groups is 1. The van der Waals surface area contributed by atoms with Gasteiger partial charge in [0.15, 0.2) is 5.69 Å². The van der Waals surface area contributed by atoms with Crippen molar-refractivity contribution in [3.63, 3.8) is 0 Å². The molecule has 0 bridgehead atoms. The number of fused-ring (bicyclic) bond motifs is 2. The fourth-order valence-electron chi connectivity index (χ4n) is 4.88. The summed E-state index contributed by atoms with van der Waals surface area (Å²) in [5, 5.41) is 19.2. The minimum absolute atomic E-state index is 0.265. The number of imidazole rings is 1. The highest BCUT2D eigenvalue weighted by atomic mass is 19.4. The zero-order chi connectivity index (χ0) is 30.0. The largest absolute Gasteiger partial charge is 0.490 e. The zero-order valence-electron chi connectivity index (χ0n) is 21.8. The molecule has 0 atom stereocenters. The van der Waals surface area contributed by atoms with Crippen molar-refractivity contribution >= 4 is 27.8 Å². The fourth-order valence-corrected chi connectivity index (χ4v) is 4.88. The third kappa shape index (κ3) is 5.28. The number of nitriles is 1. The lowest BCUT2D eigenvalue weighted by atomic mass is 10.00. The Labute approximate surface area is 235 Å². The van der Waals surface area contributed by atoms with E-state index in [4.69, 9.17) is 15.6 Å². The molecule has 0 unspecified atom stereocenters. The Hall–Kier alpha value is -5.54. The predicted molar refractivity (Wildman–Crippen MR) is 151 cm³/mol. The van der Waals surface area contributed by atoms with Crippen LogP contribution in [0.15, 0.2) is 83.8 Å². The van der Waals surface area contributed by atoms with Crippen LogP contribution in [0.25, 0.3) is 38.8 Å². The van der Waals surface area contributed by atoms with Crippen LogP contribution in [-0.2, 0) is 17.8 Å². The summed E-state index contributed by atoms with van der Waals surface area (Å²) in [6.07, 6.45) is -2.72. The van der Waals surface area contributed by atoms with Crippen LogP contribution in [-0.4, -0.2) is 36.8 Å². The molecule has 0 saturated heterocycles. The molecule has 9 nitrogen and oxygen atoms in total. The van der Waals surface area contributed by atoms with Crippen molar-refractivity contribution in [1.29, 1.82) is 5.26 Å². The van der Waals surface area contributed by atoms with Crippen molar-refractivity contribution in [3.8, 4) is 23.0 Å². The van der Waals surface area contributed by atoms with Gasteiger partial charge in [-0.1, -0.05) is 60.7 Å². The molecule has 6 rings (SSSR count). The Morgan fingerprint density at radius 3 is 2.26 bits per heavy atom. The summed E-state index contributed by atoms with van der Waals surface area (Å²) in [4.78, 5) is 31.9. The van der Waals surface area contributed by atoms with Crippen molar-refractivity contribution < 1.29 is 23.1 Å². The molecule has 0 spiro atoms. The summed E-state index contributed by atoms with van der Waals surface area (Å²) >= 11 is 0. The van der Waals surface area contributed by atoms with Gasteiger partial charge in [-0.05, 0) is 23.3 Å². The maximum Gasteiger partial charge on any atom is 0.490 e. The molecule has 0 fully saturated rings. The van der Waals surface area contributed by atoms with E-state index in [0.717, 1.165) is 44.2 Å². The van der Waals surface area contributed by atoms with E-state index in [1.165, 1.54) is 4.57 Å². The molecule has 6 aromatic rings. The summed E-state index contributed by atoms with van der Waals surface area (Å²) in [7, 11) is 0. The first-order chi connectivity index (χ1) is 20.1. The van der Waals surface area contributed by atoms with Crippen LogP contribution >= 0.6 is 0 Å². The van der Waals surface area contributed by atoms with Crippen LogP contribution in [0, 0.1) is 11.3 Å². The van der Waals surface area contributed by atoms with Gasteiger partial charge >= 0.3 is 17.8 Å². The molecule has 212 valence electrons. The first-order valence-corrected chi connectivity index (χ1v) is 12.6. The number of hydrogen-bond acceptors (Lipinski definition) is 4. The first-order valence-electron chi connectivity index (χ1n) is 12.6. The molecular weight excluding hydrogens is 549 g/mol. The Morgan fingerprint density at radius 1 is 0.952 bits per heavy atom. The average Bonchev–Trinajstić information content (AvgIpc) is 3.65. The van der Waals surface area contributed by atoms with Gasteiger partial charge < -0.3 is 25.8 Å². The van der Waals surface area contributed by atoms with Gasteiger partial charge in [-0.2, -0.15) is 18.4 Å². The van der Waals surface area contributed by atoms with Gasteiger partial charge in [0.1, 0.15) is 6.07 Å². The maximum atomic E-state index is 13.3. The number of aliphatic carboxylic acids is 1. The maximum absolute atomic E-state index is 13.3. The normalized spacial score (nSPS) is 11.3. The van der Waals surface area contributed by atoms with Crippen molar-refractivity contribution in [2.24, 2.45) is 5.73 Å². The van der Waals surface area contributed by atoms with Gasteiger partial charge in [-0.15, -0.1) is 0 Å². The van der Waals surface area contributed by atoms with Crippen molar-refractivity contribution in [2.75, 3.05) is 0 Å². The lowest BCUT2D eigenvalue weighted by Crippen LogP contribution is -2.21. The van der Waals surface area contributed by atoms with Crippen LogP contribution in [0.5, 0.6) is 0 Å². The molecule has 3 aromatic heterocycles. The number of para-hydroxylation sites is 2. The highest BCUT2D eigenvalue weighted by Gasteiger charge is 2.38. The molecule has 0 aliphatic heterocycles. The van der Waals surface area contributed by atoms with Crippen molar-refractivity contribution in [2.45, 2.75) is 19.1 Å². The number of nitrogens with two attached hydrogens (primary N) is 1. The van der Waals surface area contributed by atoms with Crippen LogP contribution in [0.1, 0.15) is 22.5 Å². The summed E-state index contributed by atoms with van der Waals surface area (Å²) in [5.41, 5.74) is 12.6. The van der Waals surface area contributed by atoms with E-state index in [1.54, 1.807) is 6.20 Å². The van der Waals surface area contributed by atoms with Crippen molar-refractivity contribution in [3.05, 3.63) is 112 Å². The molecule has 12 heteroatoms. The Balaban J connectivity index is 0.000000451. The number of carboxylic acids is 1. The van der Waals surface area contributed by atoms with Crippen molar-refractivity contribution in [1.82, 2.24) is 19.5 Å². The fraction of sp³-hybridized carbons (Fsp3) is 0.100. The van der Waals surface area contributed by atoms with E-state index in [1.807, 2.05) is 60.7 Å². The van der Waals surface area contributed by atoms with E-state index >= 15 is 0 Å². The SMILES string of the molecule is N#Cc1c(-c2c(Cc3cccc(CN)c3)[nH]c3ccccc23)[nH]c(=O)n1-c1c[nH]c2ccccc12.O=C(O)C(F)(F)F. The predicted octanol–water partition coefficient (Wildman–Crippen LogP) is 5.35. The average molecular weight is 573 g/mol. The number of aromatic amines is 3. The second kappa shape index (κ2) is 11.1. The molecule has 0 aliphatic rings. The lowest BCUT2D eigenvalue weighted by molar-refractivity contribution is -0.192. The third-order valence-corrected chi connectivity index (χ3v) is 6.69. The van der Waals surface area contributed by atoms with Crippen LogP contribution in [0.3, 0.4) is 0 Å². The molecule has 0 amide bonds. The molecule has 0 radical (unpaired) electrons. The molecule has 0 aliphatic carbocycles. The zero-order valence-corrected chi connectivity index (χ0v) is 21.8. The molecule has 42 heavy (non-hydrogen) atoms. The smallest absolute Gasteiger partial charge is 0.475 e. The lowest BCUT2D eigenvalue weighted by Gasteiger charge is -2.07. The minimum Gasteiger partial charge on any atom is -0.475 e. The number of H-pyrrole nitrogens is 3. The van der Waals surface area contributed by atoms with E-state index in [9.17, 15) is 23.2 Å². The standard InChI is InChI=1S/C28H22N6O.C2HF3O2/c29-14-18-7-5-6-17(12-18)13-23-26(20-9-2-4-11-22(20)32-23)27-24(15-30)34(28(35)33-27)25-16-31-21-10-3-1-8-19(21)25;3-2(4,5)1(6)7/h1-12,16,31-32H,13-14,29H2,(H,33,35);(H,6,7). The number of rotatable bonds is 5. The van der Waals surface area contributed by atoms with Gasteiger partial charge in [0.05, 0.1) is 11.4 Å². The number of aromatic nitrogens is 4. The summed E-state index contributed by atoms with van der Waals surface area (Å²) in [5.74, 6) is -2.76. The second-order valence-corrected chi connectivity index (χ2v) is 9.35. The highest BCUT2D eigenvalue weighted by Crippen LogP contribution is 2.35. The van der Waals surface area contributed by atoms with Gasteiger partial charge in [0, 0.05) is 52.2 Å². The molecular formula is C30H23F3N6O3. The number of hydrogen-bond donors (Lipinski definition) is 5. The first kappa shape index (κ1) is 28.0. The number of carboxylic acid groups (broad SMARTS) is 1. The minimum atomic E-state index is -5.08. The summed E-state index contributed by atoms with van der Waals surface area (Å²) < 4.78 is 33.2.